The summed E-state index contributed by atoms with van der Waals surface area (Å²) in [4.78, 5) is 37.2. The second-order valence-corrected chi connectivity index (χ2v) is 9.95. The van der Waals surface area contributed by atoms with Crippen LogP contribution in [0.4, 0.5) is 4.79 Å². The molecule has 1 saturated carbocycles. The minimum absolute atomic E-state index is 0.0678. The number of fused-ring (bicyclic) bond motifs is 3. The van der Waals surface area contributed by atoms with E-state index in [9.17, 15) is 19.5 Å². The van der Waals surface area contributed by atoms with Gasteiger partial charge in [-0.15, -0.1) is 0 Å². The molecule has 0 heterocycles. The second kappa shape index (κ2) is 10.9. The third-order valence-electron chi connectivity index (χ3n) is 7.26. The normalized spacial score (nSPS) is 16.9. The zero-order valence-electron chi connectivity index (χ0n) is 20.3. The van der Waals surface area contributed by atoms with Gasteiger partial charge in [-0.05, 0) is 46.9 Å². The van der Waals surface area contributed by atoms with Crippen molar-refractivity contribution in [2.45, 2.75) is 64.0 Å². The molecule has 7 heteroatoms. The van der Waals surface area contributed by atoms with Gasteiger partial charge < -0.3 is 20.5 Å². The number of carbonyl (C=O) groups excluding carboxylic acids is 2. The summed E-state index contributed by atoms with van der Waals surface area (Å²) >= 11 is 0. The molecule has 1 unspecified atom stereocenters. The largest absolute Gasteiger partial charge is 0.481 e. The fourth-order valence-electron chi connectivity index (χ4n) is 5.46. The van der Waals surface area contributed by atoms with Crippen molar-refractivity contribution in [3.05, 3.63) is 59.7 Å². The van der Waals surface area contributed by atoms with Crippen LogP contribution in [0.25, 0.3) is 11.1 Å². The molecule has 2 aliphatic carbocycles. The molecular weight excluding hydrogens is 444 g/mol. The van der Waals surface area contributed by atoms with Gasteiger partial charge in [0.15, 0.2) is 0 Å². The summed E-state index contributed by atoms with van der Waals surface area (Å²) in [5.74, 6) is -1.41. The van der Waals surface area contributed by atoms with Gasteiger partial charge in [-0.1, -0.05) is 75.2 Å². The van der Waals surface area contributed by atoms with Crippen LogP contribution in [-0.4, -0.2) is 41.8 Å². The molecule has 1 fully saturated rings. The quantitative estimate of drug-likeness (QED) is 0.485. The van der Waals surface area contributed by atoms with Crippen LogP contribution < -0.4 is 10.6 Å². The molecule has 7 nitrogen and oxygen atoms in total. The lowest BCUT2D eigenvalue weighted by atomic mass is 9.94. The Bertz CT molecular complexity index is 1030. The standard InChI is InChI=1S/C28H34N2O5/c1-17(2)26(27(33)29-24(15-25(31)32)18-9-3-4-10-18)30-28(34)35-16-23-21-13-7-5-11-19(21)20-12-6-8-14-22(20)23/h5-8,11-14,17-18,23-24,26H,3-4,9-10,15-16H2,1-2H3,(H,29,33)(H,30,34)(H,31,32)/t24?,26-/m1/s1. The number of rotatable bonds is 9. The van der Waals surface area contributed by atoms with E-state index in [2.05, 4.69) is 34.9 Å². The van der Waals surface area contributed by atoms with Crippen LogP contribution >= 0.6 is 0 Å². The molecule has 0 radical (unpaired) electrons. The molecule has 2 amide bonds. The summed E-state index contributed by atoms with van der Waals surface area (Å²) in [6.45, 7) is 3.85. The highest BCUT2D eigenvalue weighted by atomic mass is 16.5. The molecule has 2 aromatic carbocycles. The van der Waals surface area contributed by atoms with Gasteiger partial charge in [0.2, 0.25) is 5.91 Å². The predicted octanol–water partition coefficient (Wildman–Crippen LogP) is 4.70. The summed E-state index contributed by atoms with van der Waals surface area (Å²) in [5.41, 5.74) is 4.53. The number of hydrogen-bond donors (Lipinski definition) is 3. The minimum atomic E-state index is -0.937. The molecular formula is C28H34N2O5. The van der Waals surface area contributed by atoms with Crippen LogP contribution in [0.3, 0.4) is 0 Å². The maximum Gasteiger partial charge on any atom is 0.407 e. The van der Waals surface area contributed by atoms with Gasteiger partial charge >= 0.3 is 12.1 Å². The predicted molar refractivity (Wildman–Crippen MR) is 133 cm³/mol. The first-order valence-corrected chi connectivity index (χ1v) is 12.5. The lowest BCUT2D eigenvalue weighted by Gasteiger charge is -2.28. The van der Waals surface area contributed by atoms with E-state index in [1.165, 1.54) is 0 Å². The average molecular weight is 479 g/mol. The Morgan fingerprint density at radius 3 is 2.06 bits per heavy atom. The van der Waals surface area contributed by atoms with Crippen molar-refractivity contribution in [2.75, 3.05) is 6.61 Å². The second-order valence-electron chi connectivity index (χ2n) is 9.95. The first kappa shape index (κ1) is 24.8. The maximum atomic E-state index is 13.1. The Labute approximate surface area is 206 Å². The van der Waals surface area contributed by atoms with E-state index in [1.807, 2.05) is 38.1 Å². The lowest BCUT2D eigenvalue weighted by Crippen LogP contribution is -2.53. The number of ether oxygens (including phenoxy) is 1. The molecule has 2 aliphatic rings. The van der Waals surface area contributed by atoms with Gasteiger partial charge in [-0.2, -0.15) is 0 Å². The first-order chi connectivity index (χ1) is 16.8. The third kappa shape index (κ3) is 5.66. The van der Waals surface area contributed by atoms with Crippen molar-refractivity contribution in [1.29, 1.82) is 0 Å². The smallest absolute Gasteiger partial charge is 0.407 e. The summed E-state index contributed by atoms with van der Waals surface area (Å²) in [6, 6.07) is 15.0. The number of amides is 2. The Kier molecular flexibility index (Phi) is 7.73. The van der Waals surface area contributed by atoms with Crippen molar-refractivity contribution in [1.82, 2.24) is 10.6 Å². The van der Waals surface area contributed by atoms with E-state index in [0.717, 1.165) is 47.9 Å². The number of carboxylic acids is 1. The zero-order chi connectivity index (χ0) is 24.9. The van der Waals surface area contributed by atoms with Crippen LogP contribution in [0.5, 0.6) is 0 Å². The van der Waals surface area contributed by atoms with Gasteiger partial charge in [-0.3, -0.25) is 9.59 Å². The van der Waals surface area contributed by atoms with Crippen LogP contribution in [0.1, 0.15) is 63.0 Å². The molecule has 3 N–H and O–H groups in total. The molecule has 186 valence electrons. The highest BCUT2D eigenvalue weighted by Gasteiger charge is 2.33. The van der Waals surface area contributed by atoms with Crippen molar-refractivity contribution in [2.24, 2.45) is 11.8 Å². The van der Waals surface area contributed by atoms with Gasteiger partial charge in [0.1, 0.15) is 12.6 Å². The highest BCUT2D eigenvalue weighted by Crippen LogP contribution is 2.44. The molecule has 35 heavy (non-hydrogen) atoms. The summed E-state index contributed by atoms with van der Waals surface area (Å²) < 4.78 is 5.62. The summed E-state index contributed by atoms with van der Waals surface area (Å²) in [7, 11) is 0. The van der Waals surface area contributed by atoms with E-state index in [-0.39, 0.29) is 36.7 Å². The number of hydrogen-bond acceptors (Lipinski definition) is 4. The number of benzene rings is 2. The van der Waals surface area contributed by atoms with Crippen molar-refractivity contribution >= 4 is 18.0 Å². The Hall–Kier alpha value is -3.35. The van der Waals surface area contributed by atoms with E-state index in [0.29, 0.717) is 0 Å². The van der Waals surface area contributed by atoms with Crippen molar-refractivity contribution in [3.8, 4) is 11.1 Å². The molecule has 0 aromatic heterocycles. The minimum Gasteiger partial charge on any atom is -0.481 e. The monoisotopic (exact) mass is 478 g/mol. The number of carbonyl (C=O) groups is 3. The fraction of sp³-hybridized carbons (Fsp3) is 0.464. The Balaban J connectivity index is 1.39. The Morgan fingerprint density at radius 2 is 1.51 bits per heavy atom. The van der Waals surface area contributed by atoms with Gasteiger partial charge in [0.25, 0.3) is 0 Å². The van der Waals surface area contributed by atoms with Gasteiger partial charge in [0.05, 0.1) is 6.42 Å². The summed E-state index contributed by atoms with van der Waals surface area (Å²) in [5, 5.41) is 14.9. The van der Waals surface area contributed by atoms with E-state index >= 15 is 0 Å². The van der Waals surface area contributed by atoms with Crippen LogP contribution in [0.15, 0.2) is 48.5 Å². The lowest BCUT2D eigenvalue weighted by molar-refractivity contribution is -0.138. The van der Waals surface area contributed by atoms with Crippen LogP contribution in [0.2, 0.25) is 0 Å². The van der Waals surface area contributed by atoms with E-state index in [1.54, 1.807) is 0 Å². The molecule has 2 aromatic rings. The fourth-order valence-corrected chi connectivity index (χ4v) is 5.46. The number of aliphatic carboxylic acids is 1. The molecule has 0 bridgehead atoms. The number of carboxylic acid groups (broad SMARTS) is 1. The van der Waals surface area contributed by atoms with Gasteiger partial charge in [-0.25, -0.2) is 4.79 Å². The van der Waals surface area contributed by atoms with Crippen molar-refractivity contribution in [3.63, 3.8) is 0 Å². The first-order valence-electron chi connectivity index (χ1n) is 12.5. The Morgan fingerprint density at radius 1 is 0.943 bits per heavy atom. The molecule has 0 aliphatic heterocycles. The molecule has 2 atom stereocenters. The molecule has 4 rings (SSSR count). The summed E-state index contributed by atoms with van der Waals surface area (Å²) in [6.07, 6.45) is 3.13. The molecule has 0 saturated heterocycles. The maximum absolute atomic E-state index is 13.1. The average Bonchev–Trinajstić information content (AvgIpc) is 3.47. The topological polar surface area (TPSA) is 105 Å². The third-order valence-corrected chi connectivity index (χ3v) is 7.26. The number of nitrogens with one attached hydrogen (secondary N) is 2. The van der Waals surface area contributed by atoms with Crippen LogP contribution in [-0.2, 0) is 14.3 Å². The van der Waals surface area contributed by atoms with Gasteiger partial charge in [0, 0.05) is 12.0 Å². The van der Waals surface area contributed by atoms with Crippen molar-refractivity contribution < 1.29 is 24.2 Å². The zero-order valence-corrected chi connectivity index (χ0v) is 20.3. The highest BCUT2D eigenvalue weighted by molar-refractivity contribution is 5.86. The van der Waals surface area contributed by atoms with E-state index in [4.69, 9.17) is 4.74 Å². The van der Waals surface area contributed by atoms with E-state index < -0.39 is 24.1 Å². The SMILES string of the molecule is CC(C)[C@@H](NC(=O)OCC1c2ccccc2-c2ccccc21)C(=O)NC(CC(=O)O)C1CCCC1. The molecule has 0 spiro atoms. The van der Waals surface area contributed by atoms with Crippen LogP contribution in [0, 0.1) is 11.8 Å². The number of alkyl carbamates (subject to hydrolysis) is 1.